The summed E-state index contributed by atoms with van der Waals surface area (Å²) in [7, 11) is 0. The third-order valence-electron chi connectivity index (χ3n) is 3.69. The van der Waals surface area contributed by atoms with Crippen molar-refractivity contribution in [3.8, 4) is 0 Å². The van der Waals surface area contributed by atoms with E-state index in [9.17, 15) is 14.4 Å². The fourth-order valence-electron chi connectivity index (χ4n) is 2.47. The van der Waals surface area contributed by atoms with Crippen molar-refractivity contribution in [1.29, 1.82) is 0 Å². The molecule has 22 heavy (non-hydrogen) atoms. The van der Waals surface area contributed by atoms with E-state index in [1.165, 1.54) is 19.1 Å². The van der Waals surface area contributed by atoms with Crippen LogP contribution < -0.4 is 5.43 Å². The molecule has 0 aliphatic heterocycles. The Morgan fingerprint density at radius 2 is 1.27 bits per heavy atom. The third-order valence-corrected chi connectivity index (χ3v) is 3.69. The van der Waals surface area contributed by atoms with Gasteiger partial charge in [0.15, 0.2) is 11.2 Å². The predicted molar refractivity (Wildman–Crippen MR) is 84.7 cm³/mol. The van der Waals surface area contributed by atoms with Crippen LogP contribution in [0.2, 0.25) is 0 Å². The highest BCUT2D eigenvalue weighted by atomic mass is 16.4. The molecule has 0 aliphatic carbocycles. The van der Waals surface area contributed by atoms with Crippen LogP contribution >= 0.6 is 0 Å². The molecule has 3 rings (SSSR count). The number of carboxylic acids is 1. The molecule has 1 N–H and O–H groups in total. The molecule has 0 aromatic heterocycles. The Balaban J connectivity index is 2.48. The molecule has 0 saturated carbocycles. The van der Waals surface area contributed by atoms with E-state index in [-0.39, 0.29) is 16.8 Å². The lowest BCUT2D eigenvalue weighted by Crippen LogP contribution is -2.03. The zero-order chi connectivity index (χ0) is 15.9. The van der Waals surface area contributed by atoms with Crippen molar-refractivity contribution in [3.05, 3.63) is 69.9 Å². The number of benzene rings is 2. The second-order valence-electron chi connectivity index (χ2n) is 5.13. The smallest absolute Gasteiger partial charge is 0.335 e. The number of Topliss-reactive ketones (excluding diaryl/α,β-unsaturated/α-hetero) is 1. The molecule has 0 atom stereocenters. The van der Waals surface area contributed by atoms with Gasteiger partial charge in [0, 0.05) is 16.3 Å². The summed E-state index contributed by atoms with van der Waals surface area (Å²) in [5.74, 6) is -1.20. The van der Waals surface area contributed by atoms with Gasteiger partial charge in [-0.25, -0.2) is 4.79 Å². The van der Waals surface area contributed by atoms with Crippen LogP contribution in [0.25, 0.3) is 21.5 Å². The van der Waals surface area contributed by atoms with E-state index < -0.39 is 5.97 Å². The summed E-state index contributed by atoms with van der Waals surface area (Å²) in [5, 5.41) is 11.2. The Hall–Kier alpha value is -3.01. The van der Waals surface area contributed by atoms with Crippen molar-refractivity contribution >= 4 is 33.3 Å². The van der Waals surface area contributed by atoms with E-state index in [2.05, 4.69) is 0 Å². The van der Waals surface area contributed by atoms with Crippen LogP contribution in [0.3, 0.4) is 0 Å². The lowest BCUT2D eigenvalue weighted by molar-refractivity contribution is 0.0697. The van der Waals surface area contributed by atoms with Gasteiger partial charge in [0.1, 0.15) is 0 Å². The van der Waals surface area contributed by atoms with E-state index in [0.717, 1.165) is 0 Å². The van der Waals surface area contributed by atoms with Crippen LogP contribution in [-0.2, 0) is 0 Å². The molecule has 0 unspecified atom stereocenters. The number of fused-ring (bicyclic) bond motifs is 2. The number of carbonyl (C=O) groups is 2. The monoisotopic (exact) mass is 292 g/mol. The van der Waals surface area contributed by atoms with Crippen LogP contribution in [-0.4, -0.2) is 16.9 Å². The van der Waals surface area contributed by atoms with Crippen molar-refractivity contribution < 1.29 is 14.7 Å². The van der Waals surface area contributed by atoms with Crippen molar-refractivity contribution in [2.75, 3.05) is 0 Å². The summed E-state index contributed by atoms with van der Waals surface area (Å²) in [5.41, 5.74) is 0.242. The summed E-state index contributed by atoms with van der Waals surface area (Å²) >= 11 is 0. The van der Waals surface area contributed by atoms with Gasteiger partial charge in [0.2, 0.25) is 0 Å². The maximum absolute atomic E-state index is 12.7. The van der Waals surface area contributed by atoms with Gasteiger partial charge in [-0.2, -0.15) is 0 Å². The lowest BCUT2D eigenvalue weighted by atomic mass is 10.1. The fourth-order valence-corrected chi connectivity index (χ4v) is 2.47. The quantitative estimate of drug-likeness (QED) is 0.736. The van der Waals surface area contributed by atoms with Crippen LogP contribution in [0.4, 0.5) is 0 Å². The Morgan fingerprint density at radius 3 is 1.77 bits per heavy atom. The molecule has 3 aromatic carbocycles. The molecule has 4 heteroatoms. The third kappa shape index (κ3) is 2.24. The second kappa shape index (κ2) is 5.07. The molecule has 0 amide bonds. The van der Waals surface area contributed by atoms with Gasteiger partial charge in [-0.05, 0) is 35.9 Å². The SMILES string of the molecule is CC(=O)c1ccc2ccc3ccc(C(=O)O)cc3c(=O)c2c1. The van der Waals surface area contributed by atoms with Crippen LogP contribution in [0.15, 0.2) is 53.3 Å². The van der Waals surface area contributed by atoms with E-state index in [0.29, 0.717) is 27.1 Å². The van der Waals surface area contributed by atoms with Gasteiger partial charge in [0.25, 0.3) is 0 Å². The zero-order valence-electron chi connectivity index (χ0n) is 11.8. The standard InChI is InChI=1S/C18H12O4/c1-10(19)13-6-4-11-2-3-12-5-7-14(18(21)22)9-16(12)17(20)15(11)8-13/h2-9H,1H3,(H,21,22). The molecule has 0 bridgehead atoms. The average Bonchev–Trinajstić information content (AvgIpc) is 2.64. The summed E-state index contributed by atoms with van der Waals surface area (Å²) in [6, 6.07) is 13.0. The van der Waals surface area contributed by atoms with Crippen molar-refractivity contribution in [2.45, 2.75) is 6.92 Å². The van der Waals surface area contributed by atoms with Crippen LogP contribution in [0, 0.1) is 0 Å². The highest BCUT2D eigenvalue weighted by molar-refractivity contribution is 6.01. The van der Waals surface area contributed by atoms with E-state index in [1.54, 1.807) is 36.4 Å². The molecule has 0 fully saturated rings. The van der Waals surface area contributed by atoms with Gasteiger partial charge < -0.3 is 5.11 Å². The maximum Gasteiger partial charge on any atom is 0.335 e. The number of hydrogen-bond donors (Lipinski definition) is 1. The Kier molecular flexibility index (Phi) is 3.22. The summed E-state index contributed by atoms with van der Waals surface area (Å²) in [6.45, 7) is 1.44. The minimum atomic E-state index is -1.08. The fraction of sp³-hybridized carbons (Fsp3) is 0.0556. The number of ketones is 1. The predicted octanol–water partition coefficient (Wildman–Crippen LogP) is 3.25. The van der Waals surface area contributed by atoms with E-state index in [1.807, 2.05) is 0 Å². The Morgan fingerprint density at radius 1 is 0.818 bits per heavy atom. The number of carbonyl (C=O) groups excluding carboxylic acids is 1. The van der Waals surface area contributed by atoms with E-state index in [4.69, 9.17) is 5.11 Å². The summed E-state index contributed by atoms with van der Waals surface area (Å²) in [4.78, 5) is 35.3. The first kappa shape index (κ1) is 13.9. The summed E-state index contributed by atoms with van der Waals surface area (Å²) in [6.07, 6.45) is 0. The zero-order valence-corrected chi connectivity index (χ0v) is 11.8. The molecule has 108 valence electrons. The Labute approximate surface area is 125 Å². The molecule has 0 saturated heterocycles. The highest BCUT2D eigenvalue weighted by Crippen LogP contribution is 2.18. The van der Waals surface area contributed by atoms with Gasteiger partial charge in [-0.15, -0.1) is 0 Å². The van der Waals surface area contributed by atoms with Crippen molar-refractivity contribution in [3.63, 3.8) is 0 Å². The first-order valence-corrected chi connectivity index (χ1v) is 6.72. The molecular formula is C18H12O4. The first-order chi connectivity index (χ1) is 10.5. The normalized spacial score (nSPS) is 10.8. The molecule has 0 aliphatic rings. The van der Waals surface area contributed by atoms with Gasteiger partial charge in [-0.3, -0.25) is 9.59 Å². The molecule has 0 heterocycles. The topological polar surface area (TPSA) is 71.4 Å². The largest absolute Gasteiger partial charge is 0.478 e. The van der Waals surface area contributed by atoms with Gasteiger partial charge in [-0.1, -0.05) is 30.3 Å². The first-order valence-electron chi connectivity index (χ1n) is 6.72. The maximum atomic E-state index is 12.7. The molecule has 3 aromatic rings. The molecule has 0 spiro atoms. The van der Waals surface area contributed by atoms with Crippen LogP contribution in [0.1, 0.15) is 27.6 Å². The van der Waals surface area contributed by atoms with Gasteiger partial charge in [0.05, 0.1) is 5.56 Å². The number of carboxylic acid groups (broad SMARTS) is 1. The van der Waals surface area contributed by atoms with Crippen molar-refractivity contribution in [1.82, 2.24) is 0 Å². The van der Waals surface area contributed by atoms with Crippen LogP contribution in [0.5, 0.6) is 0 Å². The molecule has 4 nitrogen and oxygen atoms in total. The average molecular weight is 292 g/mol. The number of aromatic carboxylic acids is 1. The number of rotatable bonds is 2. The van der Waals surface area contributed by atoms with Gasteiger partial charge >= 0.3 is 5.97 Å². The lowest BCUT2D eigenvalue weighted by Gasteiger charge is -1.98. The molecule has 0 radical (unpaired) electrons. The number of hydrogen-bond acceptors (Lipinski definition) is 3. The second-order valence-corrected chi connectivity index (χ2v) is 5.13. The molecular weight excluding hydrogens is 280 g/mol. The Bertz CT molecular complexity index is 923. The van der Waals surface area contributed by atoms with Crippen molar-refractivity contribution in [2.24, 2.45) is 0 Å². The minimum Gasteiger partial charge on any atom is -0.478 e. The summed E-state index contributed by atoms with van der Waals surface area (Å²) < 4.78 is 0. The minimum absolute atomic E-state index is 0.0617. The highest BCUT2D eigenvalue weighted by Gasteiger charge is 2.08. The van der Waals surface area contributed by atoms with E-state index >= 15 is 0 Å².